The highest BCUT2D eigenvalue weighted by Gasteiger charge is 2.22. The third kappa shape index (κ3) is 3.37. The van der Waals surface area contributed by atoms with Crippen LogP contribution in [0.1, 0.15) is 33.5 Å². The van der Waals surface area contributed by atoms with Crippen LogP contribution in [0.25, 0.3) is 11.0 Å². The molecule has 2 aromatic carbocycles. The lowest BCUT2D eigenvalue weighted by atomic mass is 9.96. The van der Waals surface area contributed by atoms with Gasteiger partial charge in [-0.1, -0.05) is 39.0 Å². The molecule has 0 unspecified atom stereocenters. The second-order valence-electron chi connectivity index (χ2n) is 6.65. The molecule has 0 aliphatic rings. The fraction of sp³-hybridized carbons (Fsp3) is 0.316. The quantitative estimate of drug-likeness (QED) is 0.645. The number of hydrogen-bond acceptors (Lipinski definition) is 3. The smallest absolute Gasteiger partial charge is 0.115 e. The van der Waals surface area contributed by atoms with E-state index in [-0.39, 0.29) is 5.41 Å². The predicted octanol–water partition coefficient (Wildman–Crippen LogP) is 5.47. The van der Waals surface area contributed by atoms with Crippen molar-refractivity contribution in [1.82, 2.24) is 9.55 Å². The maximum Gasteiger partial charge on any atom is 0.115 e. The van der Waals surface area contributed by atoms with Gasteiger partial charge in [-0.2, -0.15) is 0 Å². The number of nitrogens with zero attached hydrogens (tertiary/aromatic N) is 2. The van der Waals surface area contributed by atoms with Gasteiger partial charge in [-0.05, 0) is 49.2 Å². The number of fused-ring (bicyclic) bond motifs is 1. The lowest BCUT2D eigenvalue weighted by Crippen LogP contribution is -2.18. The van der Waals surface area contributed by atoms with E-state index < -0.39 is 0 Å². The lowest BCUT2D eigenvalue weighted by Gasteiger charge is -2.19. The summed E-state index contributed by atoms with van der Waals surface area (Å²) in [6.07, 6.45) is 0. The molecule has 0 atom stereocenters. The van der Waals surface area contributed by atoms with Gasteiger partial charge >= 0.3 is 0 Å². The van der Waals surface area contributed by atoms with Gasteiger partial charge in [-0.3, -0.25) is 0 Å². The Morgan fingerprint density at radius 2 is 1.83 bits per heavy atom. The molecule has 0 fully saturated rings. The molecule has 3 aromatic rings. The van der Waals surface area contributed by atoms with Crippen LogP contribution in [0.4, 0.5) is 5.69 Å². The summed E-state index contributed by atoms with van der Waals surface area (Å²) in [6, 6.07) is 16.7. The van der Waals surface area contributed by atoms with Crippen LogP contribution >= 0.6 is 11.9 Å². The molecule has 4 heteroatoms. The Labute approximate surface area is 142 Å². The molecule has 0 saturated heterocycles. The Morgan fingerprint density at radius 3 is 2.48 bits per heavy atom. The highest BCUT2D eigenvalue weighted by atomic mass is 32.2. The van der Waals surface area contributed by atoms with Crippen LogP contribution in [-0.4, -0.2) is 9.55 Å². The number of hydrogen-bond donors (Lipinski definition) is 1. The Morgan fingerprint density at radius 1 is 1.09 bits per heavy atom. The molecular formula is C19H23N3S. The summed E-state index contributed by atoms with van der Waals surface area (Å²) in [5.41, 5.74) is 3.37. The lowest BCUT2D eigenvalue weighted by molar-refractivity contribution is 0.512. The van der Waals surface area contributed by atoms with E-state index in [9.17, 15) is 0 Å². The number of nitrogens with one attached hydrogen (secondary N) is 1. The van der Waals surface area contributed by atoms with Gasteiger partial charge in [0.05, 0.1) is 11.0 Å². The Bertz CT molecular complexity index is 801. The first kappa shape index (κ1) is 15.9. The minimum absolute atomic E-state index is 0.0431. The molecule has 0 bridgehead atoms. The van der Waals surface area contributed by atoms with Crippen LogP contribution < -0.4 is 4.72 Å². The van der Waals surface area contributed by atoms with Crippen molar-refractivity contribution in [2.75, 3.05) is 4.72 Å². The fourth-order valence-electron chi connectivity index (χ4n) is 2.69. The third-order valence-corrected chi connectivity index (χ3v) is 4.61. The Hall–Kier alpha value is -1.94. The molecule has 0 spiro atoms. The molecule has 0 amide bonds. The minimum Gasteiger partial charge on any atom is -0.328 e. The molecule has 0 radical (unpaired) electrons. The zero-order valence-electron chi connectivity index (χ0n) is 14.1. The molecule has 0 aliphatic carbocycles. The van der Waals surface area contributed by atoms with E-state index in [1.165, 1.54) is 10.4 Å². The highest BCUT2D eigenvalue weighted by Crippen LogP contribution is 2.29. The van der Waals surface area contributed by atoms with Gasteiger partial charge in [0.1, 0.15) is 5.82 Å². The number of anilines is 1. The fourth-order valence-corrected chi connectivity index (χ4v) is 3.35. The summed E-state index contributed by atoms with van der Waals surface area (Å²) >= 11 is 1.62. The van der Waals surface area contributed by atoms with Crippen molar-refractivity contribution >= 4 is 28.7 Å². The second kappa shape index (κ2) is 6.28. The molecule has 3 nitrogen and oxygen atoms in total. The number of aryl methyl sites for hydroxylation is 1. The monoisotopic (exact) mass is 325 g/mol. The van der Waals surface area contributed by atoms with Crippen LogP contribution in [0.15, 0.2) is 53.4 Å². The summed E-state index contributed by atoms with van der Waals surface area (Å²) in [4.78, 5) is 6.08. The topological polar surface area (TPSA) is 29.9 Å². The van der Waals surface area contributed by atoms with E-state index in [2.05, 4.69) is 67.3 Å². The van der Waals surface area contributed by atoms with Gasteiger partial charge in [-0.25, -0.2) is 4.98 Å². The van der Waals surface area contributed by atoms with E-state index >= 15 is 0 Å². The van der Waals surface area contributed by atoms with Crippen LogP contribution in [-0.2, 0) is 12.0 Å². The maximum absolute atomic E-state index is 4.88. The van der Waals surface area contributed by atoms with E-state index in [1.807, 2.05) is 18.2 Å². The first-order valence-corrected chi connectivity index (χ1v) is 8.79. The summed E-state index contributed by atoms with van der Waals surface area (Å²) in [6.45, 7) is 9.75. The van der Waals surface area contributed by atoms with E-state index in [0.717, 1.165) is 23.6 Å². The first-order valence-electron chi connectivity index (χ1n) is 7.97. The van der Waals surface area contributed by atoms with Crippen LogP contribution in [0, 0.1) is 0 Å². The van der Waals surface area contributed by atoms with Gasteiger partial charge in [0.25, 0.3) is 0 Å². The summed E-state index contributed by atoms with van der Waals surface area (Å²) in [5.74, 6) is 1.14. The van der Waals surface area contributed by atoms with Crippen molar-refractivity contribution in [1.29, 1.82) is 0 Å². The SMILES string of the molecule is CCn1c(C(C)(C)C)nc2cc(NSc3ccccc3)ccc21. The number of rotatable bonds is 4. The molecule has 1 aromatic heterocycles. The molecule has 0 aliphatic heterocycles. The normalized spacial score (nSPS) is 11.8. The van der Waals surface area contributed by atoms with Crippen molar-refractivity contribution in [3.63, 3.8) is 0 Å². The van der Waals surface area contributed by atoms with Gasteiger partial charge in [-0.15, -0.1) is 0 Å². The molecule has 1 heterocycles. The second-order valence-corrected chi connectivity index (χ2v) is 7.53. The molecule has 1 N–H and O–H groups in total. The molecule has 120 valence electrons. The molecule has 3 rings (SSSR count). The van der Waals surface area contributed by atoms with E-state index in [1.54, 1.807) is 11.9 Å². The summed E-state index contributed by atoms with van der Waals surface area (Å²) < 4.78 is 5.71. The van der Waals surface area contributed by atoms with Gasteiger partial charge in [0.15, 0.2) is 0 Å². The first-order chi connectivity index (χ1) is 11.0. The van der Waals surface area contributed by atoms with Crippen LogP contribution in [0.2, 0.25) is 0 Å². The Balaban J connectivity index is 1.90. The Kier molecular flexibility index (Phi) is 4.35. The third-order valence-electron chi connectivity index (χ3n) is 3.77. The summed E-state index contributed by atoms with van der Waals surface area (Å²) in [7, 11) is 0. The average Bonchev–Trinajstić information content (AvgIpc) is 2.92. The number of benzene rings is 2. The van der Waals surface area contributed by atoms with Gasteiger partial charge in [0, 0.05) is 22.5 Å². The van der Waals surface area contributed by atoms with E-state index in [0.29, 0.717) is 0 Å². The zero-order chi connectivity index (χ0) is 16.4. The van der Waals surface area contributed by atoms with Gasteiger partial charge < -0.3 is 9.29 Å². The zero-order valence-corrected chi connectivity index (χ0v) is 14.9. The van der Waals surface area contributed by atoms with Crippen molar-refractivity contribution in [2.45, 2.75) is 44.6 Å². The minimum atomic E-state index is 0.0431. The summed E-state index contributed by atoms with van der Waals surface area (Å²) in [5, 5.41) is 0. The predicted molar refractivity (Wildman–Crippen MR) is 100 cm³/mol. The van der Waals surface area contributed by atoms with Crippen molar-refractivity contribution < 1.29 is 0 Å². The van der Waals surface area contributed by atoms with Crippen molar-refractivity contribution in [2.24, 2.45) is 0 Å². The average molecular weight is 325 g/mol. The largest absolute Gasteiger partial charge is 0.328 e. The standard InChI is InChI=1S/C19H23N3S/c1-5-22-17-12-11-14(21-23-15-9-7-6-8-10-15)13-16(17)20-18(22)19(2,3)4/h6-13,21H,5H2,1-4H3. The highest BCUT2D eigenvalue weighted by molar-refractivity contribution is 8.00. The van der Waals surface area contributed by atoms with Crippen LogP contribution in [0.3, 0.4) is 0 Å². The number of imidazole rings is 1. The van der Waals surface area contributed by atoms with E-state index in [4.69, 9.17) is 4.98 Å². The number of aromatic nitrogens is 2. The van der Waals surface area contributed by atoms with Crippen molar-refractivity contribution in [3.8, 4) is 0 Å². The molecule has 0 saturated carbocycles. The maximum atomic E-state index is 4.88. The van der Waals surface area contributed by atoms with Crippen LogP contribution in [0.5, 0.6) is 0 Å². The molecular weight excluding hydrogens is 302 g/mol. The van der Waals surface area contributed by atoms with Crippen molar-refractivity contribution in [3.05, 3.63) is 54.4 Å². The molecule has 23 heavy (non-hydrogen) atoms. The van der Waals surface area contributed by atoms with Gasteiger partial charge in [0.2, 0.25) is 0 Å².